The van der Waals surface area contributed by atoms with Crippen LogP contribution in [0.4, 0.5) is 5.69 Å². The van der Waals surface area contributed by atoms with E-state index in [1.165, 1.54) is 4.31 Å². The molecule has 1 heterocycles. The molecular weight excluding hydrogens is 410 g/mol. The molecule has 0 spiro atoms. The molecule has 168 valence electrons. The molecule has 0 aromatic heterocycles. The summed E-state index contributed by atoms with van der Waals surface area (Å²) in [6.07, 6.45) is 3.21. The van der Waals surface area contributed by atoms with Gasteiger partial charge in [-0.3, -0.25) is 9.10 Å². The molecule has 1 amide bonds. The van der Waals surface area contributed by atoms with Gasteiger partial charge in [-0.1, -0.05) is 35.9 Å². The van der Waals surface area contributed by atoms with E-state index in [0.717, 1.165) is 43.5 Å². The van der Waals surface area contributed by atoms with Crippen LogP contribution in [-0.4, -0.2) is 52.5 Å². The van der Waals surface area contributed by atoms with E-state index in [4.69, 9.17) is 0 Å². The lowest BCUT2D eigenvalue weighted by molar-refractivity contribution is -0.119. The number of piperidine rings is 1. The Kier molecular flexibility index (Phi) is 7.73. The Balaban J connectivity index is 1.72. The van der Waals surface area contributed by atoms with Gasteiger partial charge in [0, 0.05) is 6.54 Å². The number of rotatable bonds is 8. The van der Waals surface area contributed by atoms with Gasteiger partial charge in [0.15, 0.2) is 0 Å². The normalized spacial score (nSPS) is 15.6. The van der Waals surface area contributed by atoms with Crippen LogP contribution < -0.4 is 9.62 Å². The number of nitrogens with one attached hydrogen (secondary N) is 1. The van der Waals surface area contributed by atoms with Gasteiger partial charge in [-0.15, -0.1) is 0 Å². The van der Waals surface area contributed by atoms with Crippen molar-refractivity contribution in [3.63, 3.8) is 0 Å². The zero-order valence-electron chi connectivity index (χ0n) is 18.7. The Labute approximate surface area is 186 Å². The molecule has 2 aromatic carbocycles. The van der Waals surface area contributed by atoms with Gasteiger partial charge in [-0.05, 0) is 82.9 Å². The van der Waals surface area contributed by atoms with Crippen molar-refractivity contribution in [1.29, 1.82) is 0 Å². The average Bonchev–Trinajstić information content (AvgIpc) is 2.74. The van der Waals surface area contributed by atoms with Crippen LogP contribution in [-0.2, 0) is 14.8 Å². The minimum Gasteiger partial charge on any atom is -0.355 e. The fraction of sp³-hybridized carbons (Fsp3) is 0.458. The first-order valence-electron chi connectivity index (χ1n) is 10.9. The van der Waals surface area contributed by atoms with Crippen molar-refractivity contribution in [1.82, 2.24) is 10.2 Å². The first-order valence-corrected chi connectivity index (χ1v) is 12.3. The molecule has 6 nitrogen and oxygen atoms in total. The van der Waals surface area contributed by atoms with Gasteiger partial charge in [-0.2, -0.15) is 0 Å². The lowest BCUT2D eigenvalue weighted by Gasteiger charge is -2.29. The summed E-state index contributed by atoms with van der Waals surface area (Å²) in [7, 11) is -1.74. The number of para-hydroxylation sites is 1. The van der Waals surface area contributed by atoms with Gasteiger partial charge in [0.2, 0.25) is 5.91 Å². The highest BCUT2D eigenvalue weighted by molar-refractivity contribution is 7.92. The summed E-state index contributed by atoms with van der Waals surface area (Å²) in [5.74, 6) is 0.326. The average molecular weight is 444 g/mol. The SMILES string of the molecule is Cc1ccc(S(=O)(=O)N(CC(=O)NCCC2CCN(C)CC2)c2ccccc2C)cc1. The zero-order valence-corrected chi connectivity index (χ0v) is 19.5. The number of anilines is 1. The molecule has 1 aliphatic heterocycles. The maximum atomic E-state index is 13.4. The first kappa shape index (κ1) is 23.3. The minimum atomic E-state index is -3.87. The predicted octanol–water partition coefficient (Wildman–Crippen LogP) is 3.35. The number of benzene rings is 2. The van der Waals surface area contributed by atoms with E-state index in [9.17, 15) is 13.2 Å². The molecule has 0 radical (unpaired) electrons. The summed E-state index contributed by atoms with van der Waals surface area (Å²) in [6, 6.07) is 14.0. The molecule has 3 rings (SSSR count). The van der Waals surface area contributed by atoms with Gasteiger partial charge in [0.25, 0.3) is 10.0 Å². The van der Waals surface area contributed by atoms with Crippen LogP contribution in [0.1, 0.15) is 30.4 Å². The molecule has 0 atom stereocenters. The van der Waals surface area contributed by atoms with Crippen molar-refractivity contribution >= 4 is 21.6 Å². The summed E-state index contributed by atoms with van der Waals surface area (Å²) in [5, 5.41) is 2.93. The predicted molar refractivity (Wildman–Crippen MR) is 125 cm³/mol. The quantitative estimate of drug-likeness (QED) is 0.679. The maximum Gasteiger partial charge on any atom is 0.264 e. The lowest BCUT2D eigenvalue weighted by Crippen LogP contribution is -2.42. The summed E-state index contributed by atoms with van der Waals surface area (Å²) in [5.41, 5.74) is 2.30. The van der Waals surface area contributed by atoms with Crippen LogP contribution in [0.25, 0.3) is 0 Å². The first-order chi connectivity index (χ1) is 14.8. The van der Waals surface area contributed by atoms with Crippen molar-refractivity contribution < 1.29 is 13.2 Å². The zero-order chi connectivity index (χ0) is 22.4. The molecule has 1 saturated heterocycles. The van der Waals surface area contributed by atoms with E-state index in [0.29, 0.717) is 18.2 Å². The van der Waals surface area contributed by atoms with Crippen molar-refractivity contribution in [3.05, 3.63) is 59.7 Å². The van der Waals surface area contributed by atoms with Crippen LogP contribution in [0.2, 0.25) is 0 Å². The Hall–Kier alpha value is -2.38. The second-order valence-electron chi connectivity index (χ2n) is 8.50. The Morgan fingerprint density at radius 3 is 2.35 bits per heavy atom. The minimum absolute atomic E-state index is 0.181. The number of likely N-dealkylation sites (tertiary alicyclic amines) is 1. The highest BCUT2D eigenvalue weighted by atomic mass is 32.2. The van der Waals surface area contributed by atoms with E-state index in [2.05, 4.69) is 17.3 Å². The number of carbonyl (C=O) groups excluding carboxylic acids is 1. The molecule has 0 unspecified atom stereocenters. The molecule has 31 heavy (non-hydrogen) atoms. The van der Waals surface area contributed by atoms with Crippen molar-refractivity contribution in [2.45, 2.75) is 38.0 Å². The van der Waals surface area contributed by atoms with Gasteiger partial charge >= 0.3 is 0 Å². The third-order valence-corrected chi connectivity index (χ3v) is 7.77. The van der Waals surface area contributed by atoms with Crippen molar-refractivity contribution in [3.8, 4) is 0 Å². The fourth-order valence-electron chi connectivity index (χ4n) is 3.93. The second kappa shape index (κ2) is 10.3. The van der Waals surface area contributed by atoms with E-state index < -0.39 is 10.0 Å². The highest BCUT2D eigenvalue weighted by Gasteiger charge is 2.28. The van der Waals surface area contributed by atoms with Gasteiger partial charge in [0.05, 0.1) is 10.6 Å². The number of hydrogen-bond donors (Lipinski definition) is 1. The number of hydrogen-bond acceptors (Lipinski definition) is 4. The van der Waals surface area contributed by atoms with Crippen LogP contribution in [0.15, 0.2) is 53.4 Å². The standard InChI is InChI=1S/C24H33N3O3S/c1-19-8-10-22(11-9-19)31(29,30)27(23-7-5-4-6-20(23)2)18-24(28)25-15-12-21-13-16-26(3)17-14-21/h4-11,21H,12-18H2,1-3H3,(H,25,28). The summed E-state index contributed by atoms with van der Waals surface area (Å²) in [4.78, 5) is 15.2. The molecule has 0 saturated carbocycles. The topological polar surface area (TPSA) is 69.7 Å². The third kappa shape index (κ3) is 6.08. The van der Waals surface area contributed by atoms with Crippen LogP contribution in [0.5, 0.6) is 0 Å². The maximum absolute atomic E-state index is 13.4. The molecule has 7 heteroatoms. The van der Waals surface area contributed by atoms with E-state index in [1.54, 1.807) is 36.4 Å². The molecular formula is C24H33N3O3S. The second-order valence-corrected chi connectivity index (χ2v) is 10.4. The molecule has 2 aromatic rings. The van der Waals surface area contributed by atoms with E-state index in [1.807, 2.05) is 26.0 Å². The lowest BCUT2D eigenvalue weighted by atomic mass is 9.94. The smallest absolute Gasteiger partial charge is 0.264 e. The Morgan fingerprint density at radius 1 is 1.06 bits per heavy atom. The molecule has 0 aliphatic carbocycles. The van der Waals surface area contributed by atoms with E-state index in [-0.39, 0.29) is 17.3 Å². The van der Waals surface area contributed by atoms with E-state index >= 15 is 0 Å². The number of amides is 1. The largest absolute Gasteiger partial charge is 0.355 e. The molecule has 1 aliphatic rings. The fourth-order valence-corrected chi connectivity index (χ4v) is 5.42. The van der Waals surface area contributed by atoms with Gasteiger partial charge in [0.1, 0.15) is 6.54 Å². The van der Waals surface area contributed by atoms with Crippen molar-refractivity contribution in [2.75, 3.05) is 37.5 Å². The van der Waals surface area contributed by atoms with Crippen LogP contribution >= 0.6 is 0 Å². The van der Waals surface area contributed by atoms with Gasteiger partial charge < -0.3 is 10.2 Å². The number of sulfonamides is 1. The summed E-state index contributed by atoms with van der Waals surface area (Å²) < 4.78 is 28.1. The molecule has 1 N–H and O–H groups in total. The third-order valence-electron chi connectivity index (χ3n) is 5.99. The summed E-state index contributed by atoms with van der Waals surface area (Å²) in [6.45, 7) is 6.27. The number of nitrogens with zero attached hydrogens (tertiary/aromatic N) is 2. The van der Waals surface area contributed by atoms with Crippen LogP contribution in [0, 0.1) is 19.8 Å². The van der Waals surface area contributed by atoms with Gasteiger partial charge in [-0.25, -0.2) is 8.42 Å². The monoisotopic (exact) mass is 443 g/mol. The molecule has 0 bridgehead atoms. The summed E-state index contributed by atoms with van der Waals surface area (Å²) >= 11 is 0. The van der Waals surface area contributed by atoms with Crippen molar-refractivity contribution in [2.24, 2.45) is 5.92 Å². The Bertz CT molecular complexity index is 981. The van der Waals surface area contributed by atoms with Crippen LogP contribution in [0.3, 0.4) is 0 Å². The highest BCUT2D eigenvalue weighted by Crippen LogP contribution is 2.27. The number of carbonyl (C=O) groups is 1. The number of aryl methyl sites for hydroxylation is 2. The Morgan fingerprint density at radius 2 is 1.71 bits per heavy atom. The molecule has 1 fully saturated rings.